The number of fused-ring (bicyclic) bond motifs is 1. The Balaban J connectivity index is 1.90. The van der Waals surface area contributed by atoms with Gasteiger partial charge in [0.2, 0.25) is 0 Å². The molecule has 1 aliphatic heterocycles. The topological polar surface area (TPSA) is 30.8 Å². The van der Waals surface area contributed by atoms with Crippen LogP contribution in [0.2, 0.25) is 0 Å². The van der Waals surface area contributed by atoms with Gasteiger partial charge in [0.25, 0.3) is 0 Å². The quantitative estimate of drug-likeness (QED) is 0.503. The molecule has 4 rings (SSSR count). The van der Waals surface area contributed by atoms with E-state index in [1.54, 1.807) is 25.5 Å². The summed E-state index contributed by atoms with van der Waals surface area (Å²) < 4.78 is 44.1. The van der Waals surface area contributed by atoms with Crippen LogP contribution in [0.3, 0.4) is 0 Å². The highest BCUT2D eigenvalue weighted by molar-refractivity contribution is 5.87. The van der Waals surface area contributed by atoms with E-state index in [1.165, 1.54) is 16.9 Å². The van der Waals surface area contributed by atoms with E-state index in [2.05, 4.69) is 11.7 Å². The van der Waals surface area contributed by atoms with E-state index in [-0.39, 0.29) is 5.56 Å². The molecule has 1 aromatic heterocycles. The van der Waals surface area contributed by atoms with Gasteiger partial charge in [0.05, 0.1) is 34.5 Å². The number of rotatable bonds is 5. The summed E-state index contributed by atoms with van der Waals surface area (Å²) in [7, 11) is 9.41. The van der Waals surface area contributed by atoms with Crippen LogP contribution >= 0.6 is 0 Å². The molecule has 0 bridgehead atoms. The summed E-state index contributed by atoms with van der Waals surface area (Å²) in [6.45, 7) is 5.09. The van der Waals surface area contributed by atoms with Crippen molar-refractivity contribution in [2.24, 2.45) is 7.05 Å². The van der Waals surface area contributed by atoms with Crippen molar-refractivity contribution in [1.82, 2.24) is 9.78 Å². The van der Waals surface area contributed by atoms with Crippen LogP contribution in [-0.2, 0) is 13.2 Å². The lowest BCUT2D eigenvalue weighted by Gasteiger charge is -2.38. The summed E-state index contributed by atoms with van der Waals surface area (Å²) in [6.07, 6.45) is 0.278. The average Bonchev–Trinajstić information content (AvgIpc) is 3.23. The maximum Gasteiger partial charge on any atom is 0.417 e. The molecule has 0 saturated carbocycles. The molecule has 0 aliphatic carbocycles. The lowest BCUT2D eigenvalue weighted by Crippen LogP contribution is -2.37. The van der Waals surface area contributed by atoms with Gasteiger partial charge in [-0.25, -0.2) is 0 Å². The maximum atomic E-state index is 14.2. The van der Waals surface area contributed by atoms with Crippen LogP contribution in [-0.4, -0.2) is 51.1 Å². The van der Waals surface area contributed by atoms with E-state index >= 15 is 0 Å². The number of anilines is 5. The second-order valence-corrected chi connectivity index (χ2v) is 8.72. The molecule has 0 amide bonds. The third-order valence-corrected chi connectivity index (χ3v) is 6.20. The summed E-state index contributed by atoms with van der Waals surface area (Å²) >= 11 is 0. The molecule has 0 atom stereocenters. The summed E-state index contributed by atoms with van der Waals surface area (Å²) in [6, 6.07) is 8.83. The molecule has 0 unspecified atom stereocenters. The second kappa shape index (κ2) is 8.62. The van der Waals surface area contributed by atoms with Gasteiger partial charge in [0.1, 0.15) is 0 Å². The van der Waals surface area contributed by atoms with E-state index in [1.807, 2.05) is 66.0 Å². The average molecular weight is 471 g/mol. The first-order valence-corrected chi connectivity index (χ1v) is 10.9. The Kier molecular flexibility index (Phi) is 5.97. The zero-order valence-electron chi connectivity index (χ0n) is 20.1. The van der Waals surface area contributed by atoms with Gasteiger partial charge in [-0.2, -0.15) is 18.3 Å². The Labute approximate surface area is 198 Å². The number of halogens is 3. The Morgan fingerprint density at radius 3 is 2.32 bits per heavy atom. The molecule has 0 spiro atoms. The van der Waals surface area contributed by atoms with Gasteiger partial charge < -0.3 is 19.6 Å². The number of aryl methyl sites for hydroxylation is 1. The van der Waals surface area contributed by atoms with Crippen LogP contribution in [0.15, 0.2) is 55.5 Å². The molecule has 1 aliphatic rings. The molecule has 0 saturated heterocycles. The van der Waals surface area contributed by atoms with Crippen molar-refractivity contribution in [2.45, 2.75) is 6.18 Å². The van der Waals surface area contributed by atoms with Crippen molar-refractivity contribution in [2.75, 3.05) is 60.9 Å². The van der Waals surface area contributed by atoms with Crippen LogP contribution in [0.25, 0.3) is 11.1 Å². The Bertz CT molecular complexity index is 1210. The van der Waals surface area contributed by atoms with E-state index in [4.69, 9.17) is 0 Å². The lowest BCUT2D eigenvalue weighted by atomic mass is 9.97. The lowest BCUT2D eigenvalue weighted by molar-refractivity contribution is -0.137. The Morgan fingerprint density at radius 2 is 1.74 bits per heavy atom. The van der Waals surface area contributed by atoms with Gasteiger partial charge >= 0.3 is 6.18 Å². The largest absolute Gasteiger partial charge is 0.417 e. The third kappa shape index (κ3) is 4.18. The number of likely N-dealkylation sites (N-methyl/N-ethyl adjacent to an activating group) is 1. The Morgan fingerprint density at radius 1 is 1.00 bits per heavy atom. The summed E-state index contributed by atoms with van der Waals surface area (Å²) in [4.78, 5) is 7.86. The number of hydrogen-bond donors (Lipinski definition) is 0. The highest BCUT2D eigenvalue weighted by Crippen LogP contribution is 2.47. The minimum atomic E-state index is -4.51. The highest BCUT2D eigenvalue weighted by Gasteiger charge is 2.37. The first kappa shape index (κ1) is 23.5. The number of hydrogen-bond acceptors (Lipinski definition) is 5. The number of alkyl halides is 3. The van der Waals surface area contributed by atoms with E-state index in [9.17, 15) is 13.2 Å². The van der Waals surface area contributed by atoms with Crippen molar-refractivity contribution >= 4 is 28.4 Å². The van der Waals surface area contributed by atoms with Gasteiger partial charge in [-0.1, -0.05) is 6.58 Å². The van der Waals surface area contributed by atoms with Crippen LogP contribution in [0.5, 0.6) is 0 Å². The van der Waals surface area contributed by atoms with Gasteiger partial charge in [-0.05, 0) is 42.1 Å². The number of nitrogens with zero attached hydrogens (tertiary/aromatic N) is 6. The van der Waals surface area contributed by atoms with Crippen LogP contribution in [0.4, 0.5) is 41.6 Å². The fourth-order valence-electron chi connectivity index (χ4n) is 4.33. The zero-order valence-corrected chi connectivity index (χ0v) is 20.1. The summed E-state index contributed by atoms with van der Waals surface area (Å²) in [5.41, 5.74) is 3.90. The van der Waals surface area contributed by atoms with Crippen molar-refractivity contribution < 1.29 is 13.2 Å². The highest BCUT2D eigenvalue weighted by atomic mass is 19.4. The normalized spacial score (nSPS) is 13.6. The van der Waals surface area contributed by atoms with Crippen LogP contribution < -0.4 is 19.6 Å². The third-order valence-electron chi connectivity index (χ3n) is 6.20. The predicted octanol–water partition coefficient (Wildman–Crippen LogP) is 5.34. The molecule has 0 fully saturated rings. The van der Waals surface area contributed by atoms with E-state index in [0.717, 1.165) is 22.7 Å². The summed E-state index contributed by atoms with van der Waals surface area (Å²) in [5.74, 6) is 0. The van der Waals surface area contributed by atoms with Gasteiger partial charge in [0.15, 0.2) is 0 Å². The second-order valence-electron chi connectivity index (χ2n) is 8.72. The molecule has 9 heteroatoms. The minimum Gasteiger partial charge on any atom is -0.376 e. The predicted molar refractivity (Wildman–Crippen MR) is 133 cm³/mol. The fourth-order valence-corrected chi connectivity index (χ4v) is 4.33. The fraction of sp³-hybridized carbons (Fsp3) is 0.320. The van der Waals surface area contributed by atoms with Crippen molar-refractivity contribution in [3.8, 4) is 11.1 Å². The minimum absolute atomic E-state index is 0.128. The monoisotopic (exact) mass is 470 g/mol. The van der Waals surface area contributed by atoms with Gasteiger partial charge in [0, 0.05) is 65.8 Å². The molecule has 3 aromatic rings. The first-order chi connectivity index (χ1) is 16.0. The van der Waals surface area contributed by atoms with Gasteiger partial charge in [-0.15, -0.1) is 0 Å². The first-order valence-electron chi connectivity index (χ1n) is 10.9. The smallest absolute Gasteiger partial charge is 0.376 e. The molecule has 6 nitrogen and oxygen atoms in total. The molecular formula is C25H29F3N6. The van der Waals surface area contributed by atoms with Crippen LogP contribution in [0, 0.1) is 0 Å². The standard InChI is InChI=1S/C25H29F3N6/c1-7-31(4)22-12-18(8-9-21(22)30(2)3)34-11-10-32(5)23-13-19(17-15-29-33(6)16-17)20(14-24(23)34)25(26,27)28/h7-9,12-16H,1,10-11H2,2-6H3. The molecule has 180 valence electrons. The van der Waals surface area contributed by atoms with Gasteiger partial charge in [-0.3, -0.25) is 4.68 Å². The maximum absolute atomic E-state index is 14.2. The number of aromatic nitrogens is 2. The molecule has 2 aromatic carbocycles. The number of benzene rings is 2. The summed E-state index contributed by atoms with van der Waals surface area (Å²) in [5, 5.41) is 4.08. The molecule has 2 heterocycles. The Hall–Kier alpha value is -3.62. The van der Waals surface area contributed by atoms with Crippen LogP contribution in [0.1, 0.15) is 5.56 Å². The van der Waals surface area contributed by atoms with Crippen molar-refractivity contribution in [3.63, 3.8) is 0 Å². The SMILES string of the molecule is C=CN(C)c1cc(N2CCN(C)c3cc(-c4cnn(C)c4)c(C(F)(F)F)cc32)ccc1N(C)C. The van der Waals surface area contributed by atoms with E-state index < -0.39 is 11.7 Å². The molecule has 0 radical (unpaired) electrons. The van der Waals surface area contributed by atoms with Crippen molar-refractivity contribution in [1.29, 1.82) is 0 Å². The molecule has 0 N–H and O–H groups in total. The zero-order chi connectivity index (χ0) is 24.8. The van der Waals surface area contributed by atoms with Crippen molar-refractivity contribution in [3.05, 3.63) is 61.1 Å². The molecular weight excluding hydrogens is 441 g/mol. The molecule has 34 heavy (non-hydrogen) atoms. The van der Waals surface area contributed by atoms with E-state index in [0.29, 0.717) is 24.3 Å².